The Morgan fingerprint density at radius 1 is 0.742 bits per heavy atom. The highest BCUT2D eigenvalue weighted by atomic mass is 32.2. The van der Waals surface area contributed by atoms with E-state index in [1.165, 1.54) is 19.3 Å². The molecule has 2 aliphatic rings. The van der Waals surface area contributed by atoms with E-state index < -0.39 is 0 Å². The number of aromatic nitrogens is 3. The number of thioether (sulfide) groups is 1. The molecule has 2 N–H and O–H groups in total. The van der Waals surface area contributed by atoms with Crippen molar-refractivity contribution in [2.75, 3.05) is 20.4 Å². The molecule has 1 aromatic heterocycles. The summed E-state index contributed by atoms with van der Waals surface area (Å²) < 4.78 is 1.39. The van der Waals surface area contributed by atoms with Crippen LogP contribution in [0.4, 0.5) is 11.9 Å². The van der Waals surface area contributed by atoms with Crippen molar-refractivity contribution in [1.29, 1.82) is 0 Å². The molecule has 0 atom stereocenters. The number of piperidine rings is 2. The molecule has 31 heavy (non-hydrogen) atoms. The Labute approximate surface area is 194 Å². The second-order valence-electron chi connectivity index (χ2n) is 12.7. The number of likely N-dealkylation sites (tertiary alicyclic amines) is 2. The topological polar surface area (TPSA) is 64.7 Å². The van der Waals surface area contributed by atoms with Gasteiger partial charge in [-0.1, -0.05) is 11.8 Å². The summed E-state index contributed by atoms with van der Waals surface area (Å²) >= 11 is 1.62. The zero-order valence-corrected chi connectivity index (χ0v) is 22.7. The lowest BCUT2D eigenvalue weighted by atomic mass is 9.75. The number of hydrogen-bond acceptors (Lipinski definition) is 5. The summed E-state index contributed by atoms with van der Waals surface area (Å²) in [6.07, 6.45) is 7.54. The number of rotatable bonds is 3. The van der Waals surface area contributed by atoms with E-state index in [9.17, 15) is 0 Å². The van der Waals surface area contributed by atoms with Crippen molar-refractivity contribution in [3.8, 4) is 0 Å². The summed E-state index contributed by atoms with van der Waals surface area (Å²) in [5.74, 6) is 1.79. The molecule has 2 saturated heterocycles. The summed E-state index contributed by atoms with van der Waals surface area (Å²) in [6.45, 7) is 18.8. The van der Waals surface area contributed by atoms with Crippen molar-refractivity contribution in [2.45, 2.75) is 121 Å². The van der Waals surface area contributed by atoms with Gasteiger partial charge in [0.2, 0.25) is 5.16 Å². The molecule has 176 valence electrons. The van der Waals surface area contributed by atoms with Gasteiger partial charge in [0.1, 0.15) is 22.2 Å². The number of hydrogen-bond donors (Lipinski definition) is 1. The van der Waals surface area contributed by atoms with Crippen LogP contribution in [0.1, 0.15) is 87.5 Å². The smallest absolute Gasteiger partial charge is 0.327 e. The van der Waals surface area contributed by atoms with E-state index in [1.807, 2.05) is 0 Å². The molecule has 0 amide bonds. The van der Waals surface area contributed by atoms with Crippen LogP contribution in [0.25, 0.3) is 0 Å². The first-order valence-corrected chi connectivity index (χ1v) is 13.0. The fourth-order valence-corrected chi connectivity index (χ4v) is 7.02. The Hall–Kier alpha value is -0.760. The van der Waals surface area contributed by atoms with Crippen molar-refractivity contribution < 1.29 is 0 Å². The Bertz CT molecular complexity index is 810. The normalized spacial score (nSPS) is 33.1. The zero-order valence-electron chi connectivity index (χ0n) is 21.8. The summed E-state index contributed by atoms with van der Waals surface area (Å²) in [4.78, 5) is 15.4. The van der Waals surface area contributed by atoms with Gasteiger partial charge in [0, 0.05) is 31.7 Å². The van der Waals surface area contributed by atoms with Crippen molar-refractivity contribution in [3.05, 3.63) is 0 Å². The summed E-state index contributed by atoms with van der Waals surface area (Å²) in [5, 5.41) is 0.817. The molecule has 0 bridgehead atoms. The first-order valence-electron chi connectivity index (χ1n) is 11.8. The molecule has 3 heterocycles. The molecule has 0 saturated carbocycles. The monoisotopic (exact) mass is 450 g/mol. The molecule has 6 nitrogen and oxygen atoms in total. The Morgan fingerprint density at radius 3 is 1.52 bits per heavy atom. The quantitative estimate of drug-likeness (QED) is 0.525. The van der Waals surface area contributed by atoms with E-state index in [-0.39, 0.29) is 28.2 Å². The second-order valence-corrected chi connectivity index (χ2v) is 13.5. The molecular weight excluding hydrogens is 404 g/mol. The Kier molecular flexibility index (Phi) is 5.92. The van der Waals surface area contributed by atoms with E-state index in [4.69, 9.17) is 20.7 Å². The van der Waals surface area contributed by atoms with Gasteiger partial charge in [-0.2, -0.15) is 9.97 Å². The first-order chi connectivity index (χ1) is 14.0. The van der Waals surface area contributed by atoms with Gasteiger partial charge in [-0.15, -0.1) is 4.98 Å². The molecule has 3 rings (SSSR count). The van der Waals surface area contributed by atoms with Gasteiger partial charge in [-0.25, -0.2) is 0 Å². The predicted octanol–water partition coefficient (Wildman–Crippen LogP) is 4.89. The van der Waals surface area contributed by atoms with Crippen molar-refractivity contribution >= 4 is 23.7 Å². The van der Waals surface area contributed by atoms with Gasteiger partial charge in [-0.3, -0.25) is 8.97 Å². The van der Waals surface area contributed by atoms with E-state index in [1.54, 1.807) is 11.8 Å². The van der Waals surface area contributed by atoms with E-state index >= 15 is 0 Å². The van der Waals surface area contributed by atoms with E-state index in [0.717, 1.165) is 34.4 Å². The van der Waals surface area contributed by atoms with Gasteiger partial charge < -0.3 is 5.73 Å². The molecule has 0 unspecified atom stereocenters. The van der Waals surface area contributed by atoms with Gasteiger partial charge in [0.05, 0.1) is 14.1 Å². The van der Waals surface area contributed by atoms with Crippen LogP contribution in [0.2, 0.25) is 0 Å². The SMILES string of the molecule is CSc1nc([N+]2(C)C(C)(C)CCCC2(C)C)nc([N+]2(C)C(C)(C)CC(N)CC2(C)C)n1. The van der Waals surface area contributed by atoms with Crippen LogP contribution in [0.3, 0.4) is 0 Å². The molecular formula is C24H46N6S+2. The van der Waals surface area contributed by atoms with Crippen LogP contribution in [-0.4, -0.2) is 63.5 Å². The molecule has 0 aromatic carbocycles. The van der Waals surface area contributed by atoms with Crippen LogP contribution in [0.15, 0.2) is 5.16 Å². The lowest BCUT2D eigenvalue weighted by molar-refractivity contribution is -0.0165. The Morgan fingerprint density at radius 2 is 1.13 bits per heavy atom. The Balaban J connectivity index is 2.29. The molecule has 0 spiro atoms. The van der Waals surface area contributed by atoms with Crippen LogP contribution >= 0.6 is 11.8 Å². The van der Waals surface area contributed by atoms with Crippen LogP contribution in [0.5, 0.6) is 0 Å². The third kappa shape index (κ3) is 3.46. The fraction of sp³-hybridized carbons (Fsp3) is 0.875. The van der Waals surface area contributed by atoms with Crippen LogP contribution in [-0.2, 0) is 0 Å². The minimum absolute atomic E-state index is 0.0455. The van der Waals surface area contributed by atoms with Crippen LogP contribution in [0, 0.1) is 0 Å². The number of quaternary nitrogens is 2. The highest BCUT2D eigenvalue weighted by Crippen LogP contribution is 2.50. The molecule has 2 aliphatic heterocycles. The summed E-state index contributed by atoms with van der Waals surface area (Å²) in [7, 11) is 4.65. The van der Waals surface area contributed by atoms with Crippen molar-refractivity contribution in [1.82, 2.24) is 23.9 Å². The maximum atomic E-state index is 6.51. The van der Waals surface area contributed by atoms with E-state index in [0.29, 0.717) is 4.48 Å². The van der Waals surface area contributed by atoms with Crippen molar-refractivity contribution in [2.24, 2.45) is 5.73 Å². The van der Waals surface area contributed by atoms with Gasteiger partial charge in [0.15, 0.2) is 0 Å². The molecule has 0 radical (unpaired) electrons. The average Bonchev–Trinajstić information content (AvgIpc) is 2.62. The second kappa shape index (κ2) is 7.37. The van der Waals surface area contributed by atoms with E-state index in [2.05, 4.69) is 75.7 Å². The minimum atomic E-state index is -0.0824. The maximum absolute atomic E-state index is 6.51. The number of nitrogens with two attached hydrogens (primary N) is 1. The highest BCUT2D eigenvalue weighted by Gasteiger charge is 2.61. The third-order valence-electron chi connectivity index (χ3n) is 9.52. The maximum Gasteiger partial charge on any atom is 0.338 e. The van der Waals surface area contributed by atoms with Gasteiger partial charge in [-0.05, 0) is 68.1 Å². The summed E-state index contributed by atoms with van der Waals surface area (Å²) in [6, 6.07) is 0.196. The third-order valence-corrected chi connectivity index (χ3v) is 10.1. The largest absolute Gasteiger partial charge is 0.338 e. The molecule has 0 aliphatic carbocycles. The lowest BCUT2D eigenvalue weighted by Crippen LogP contribution is -2.76. The fourth-order valence-electron chi connectivity index (χ4n) is 6.67. The standard InChI is InChI=1S/C24H46N6S/c1-21(2)13-12-14-22(3,4)29(21,9)18-26-19(28-20(27-18)31-11)30(10)23(5,6)15-17(25)16-24(30,7)8/h17H,12-16,25H2,1-11H3/q+2. The van der Waals surface area contributed by atoms with Gasteiger partial charge in [0.25, 0.3) is 0 Å². The zero-order chi connectivity index (χ0) is 23.7. The predicted molar refractivity (Wildman–Crippen MR) is 134 cm³/mol. The van der Waals surface area contributed by atoms with Crippen LogP contribution < -0.4 is 14.7 Å². The van der Waals surface area contributed by atoms with Crippen molar-refractivity contribution in [3.63, 3.8) is 0 Å². The molecule has 1 aromatic rings. The summed E-state index contributed by atoms with van der Waals surface area (Å²) in [5.41, 5.74) is 6.44. The number of nitrogens with zero attached hydrogens (tertiary/aromatic N) is 5. The lowest BCUT2D eigenvalue weighted by Gasteiger charge is -2.59. The molecule has 2 fully saturated rings. The first kappa shape index (κ1) is 24.9. The molecule has 7 heteroatoms. The van der Waals surface area contributed by atoms with Gasteiger partial charge >= 0.3 is 11.9 Å². The minimum Gasteiger partial charge on any atom is -0.327 e. The highest BCUT2D eigenvalue weighted by molar-refractivity contribution is 7.98. The average molecular weight is 451 g/mol.